The average Bonchev–Trinajstić information content (AvgIpc) is 2.46. The summed E-state index contributed by atoms with van der Waals surface area (Å²) < 4.78 is 0. The highest BCUT2D eigenvalue weighted by atomic mass is 16.4. The van der Waals surface area contributed by atoms with Gasteiger partial charge in [0.05, 0.1) is 0 Å². The van der Waals surface area contributed by atoms with E-state index in [9.17, 15) is 9.90 Å². The van der Waals surface area contributed by atoms with Gasteiger partial charge in [0, 0.05) is 18.6 Å². The predicted octanol–water partition coefficient (Wildman–Crippen LogP) is 0.998. The van der Waals surface area contributed by atoms with Crippen molar-refractivity contribution in [2.75, 3.05) is 34.2 Å². The molecule has 5 nitrogen and oxygen atoms in total. The highest BCUT2D eigenvalue weighted by Gasteiger charge is 2.43. The molecule has 1 aliphatic heterocycles. The van der Waals surface area contributed by atoms with Gasteiger partial charge in [-0.05, 0) is 66.2 Å². The fraction of sp³-hybridized carbons (Fsp3) is 0.933. The van der Waals surface area contributed by atoms with Crippen molar-refractivity contribution >= 4 is 5.97 Å². The van der Waals surface area contributed by atoms with Gasteiger partial charge >= 0.3 is 5.97 Å². The van der Waals surface area contributed by atoms with Crippen LogP contribution in [0, 0.1) is 0 Å². The normalized spacial score (nSPS) is 36.2. The fourth-order valence-corrected chi connectivity index (χ4v) is 3.89. The van der Waals surface area contributed by atoms with Crippen molar-refractivity contribution in [3.8, 4) is 0 Å². The third-order valence-electron chi connectivity index (χ3n) is 5.36. The first-order chi connectivity index (χ1) is 9.48. The summed E-state index contributed by atoms with van der Waals surface area (Å²) in [6, 6.07) is 0.948. The monoisotopic (exact) mass is 283 g/mol. The molecule has 3 atom stereocenters. The van der Waals surface area contributed by atoms with Crippen LogP contribution in [0.15, 0.2) is 0 Å². The average molecular weight is 283 g/mol. The zero-order valence-electron chi connectivity index (χ0n) is 13.1. The fourth-order valence-electron chi connectivity index (χ4n) is 3.89. The van der Waals surface area contributed by atoms with Crippen molar-refractivity contribution in [3.63, 3.8) is 0 Å². The maximum atomic E-state index is 11.6. The number of rotatable bonds is 4. The molecule has 0 bridgehead atoms. The van der Waals surface area contributed by atoms with Crippen LogP contribution in [-0.2, 0) is 4.79 Å². The van der Waals surface area contributed by atoms with Gasteiger partial charge in [0.1, 0.15) is 5.54 Å². The quantitative estimate of drug-likeness (QED) is 0.806. The summed E-state index contributed by atoms with van der Waals surface area (Å²) in [5.74, 6) is -0.695. The zero-order valence-corrected chi connectivity index (χ0v) is 13.1. The molecule has 2 fully saturated rings. The summed E-state index contributed by atoms with van der Waals surface area (Å²) in [7, 11) is 6.14. The molecule has 1 heterocycles. The minimum atomic E-state index is -0.724. The third-order valence-corrected chi connectivity index (χ3v) is 5.36. The smallest absolute Gasteiger partial charge is 0.323 e. The SMILES string of the molecule is CNC1(C(=O)O)CCCC(N(C)C2CCCN(C)C2)C1. The summed E-state index contributed by atoms with van der Waals surface area (Å²) >= 11 is 0. The van der Waals surface area contributed by atoms with Crippen LogP contribution in [0.3, 0.4) is 0 Å². The molecule has 2 rings (SSSR count). The number of carbonyl (C=O) groups is 1. The Labute approximate surface area is 122 Å². The van der Waals surface area contributed by atoms with Crippen LogP contribution in [0.2, 0.25) is 0 Å². The number of carboxylic acids is 1. The minimum absolute atomic E-state index is 0.379. The molecule has 0 amide bonds. The molecular formula is C15H29N3O2. The molecule has 5 heteroatoms. The standard InChI is InChI=1S/C15H29N3O2/c1-16-15(14(19)20)8-4-6-12(10-15)18(3)13-7-5-9-17(2)11-13/h12-13,16H,4-11H2,1-3H3,(H,19,20). The molecule has 0 radical (unpaired) electrons. The lowest BCUT2D eigenvalue weighted by Gasteiger charge is -2.45. The van der Waals surface area contributed by atoms with Gasteiger partial charge < -0.3 is 15.3 Å². The number of hydrogen-bond donors (Lipinski definition) is 2. The largest absolute Gasteiger partial charge is 0.480 e. The second kappa shape index (κ2) is 6.41. The minimum Gasteiger partial charge on any atom is -0.480 e. The van der Waals surface area contributed by atoms with Crippen LogP contribution in [0.5, 0.6) is 0 Å². The zero-order chi connectivity index (χ0) is 14.8. The molecule has 1 saturated carbocycles. The second-order valence-electron chi connectivity index (χ2n) is 6.61. The molecule has 1 saturated heterocycles. The Balaban J connectivity index is 2.02. The van der Waals surface area contributed by atoms with E-state index in [1.54, 1.807) is 7.05 Å². The molecule has 0 spiro atoms. The van der Waals surface area contributed by atoms with Crippen LogP contribution in [0.4, 0.5) is 0 Å². The third kappa shape index (κ3) is 3.15. The van der Waals surface area contributed by atoms with E-state index in [0.29, 0.717) is 12.1 Å². The number of piperidine rings is 1. The van der Waals surface area contributed by atoms with E-state index in [1.807, 2.05) is 0 Å². The number of aliphatic carboxylic acids is 1. The molecule has 3 unspecified atom stereocenters. The van der Waals surface area contributed by atoms with Gasteiger partial charge in [-0.25, -0.2) is 0 Å². The van der Waals surface area contributed by atoms with Gasteiger partial charge in [0.2, 0.25) is 0 Å². The van der Waals surface area contributed by atoms with E-state index in [1.165, 1.54) is 19.4 Å². The van der Waals surface area contributed by atoms with Gasteiger partial charge in [0.25, 0.3) is 0 Å². The lowest BCUT2D eigenvalue weighted by molar-refractivity contribution is -0.147. The Morgan fingerprint density at radius 3 is 2.65 bits per heavy atom. The van der Waals surface area contributed by atoms with E-state index in [-0.39, 0.29) is 0 Å². The number of likely N-dealkylation sites (N-methyl/N-ethyl adjacent to an activating group) is 3. The highest BCUT2D eigenvalue weighted by molar-refractivity contribution is 5.79. The first kappa shape index (κ1) is 15.7. The lowest BCUT2D eigenvalue weighted by Crippen LogP contribution is -2.59. The van der Waals surface area contributed by atoms with E-state index < -0.39 is 11.5 Å². The van der Waals surface area contributed by atoms with Crippen molar-refractivity contribution in [1.82, 2.24) is 15.1 Å². The van der Waals surface area contributed by atoms with Crippen LogP contribution in [-0.4, -0.2) is 72.7 Å². The Kier molecular flexibility index (Phi) is 5.04. The highest BCUT2D eigenvalue weighted by Crippen LogP contribution is 2.32. The van der Waals surface area contributed by atoms with Crippen molar-refractivity contribution < 1.29 is 9.90 Å². The number of hydrogen-bond acceptors (Lipinski definition) is 4. The van der Waals surface area contributed by atoms with Crippen LogP contribution in [0.1, 0.15) is 38.5 Å². The van der Waals surface area contributed by atoms with Crippen molar-refractivity contribution in [2.45, 2.75) is 56.1 Å². The van der Waals surface area contributed by atoms with E-state index in [2.05, 4.69) is 29.2 Å². The Bertz CT molecular complexity index is 350. The van der Waals surface area contributed by atoms with Crippen LogP contribution >= 0.6 is 0 Å². The summed E-state index contributed by atoms with van der Waals surface area (Å²) in [4.78, 5) is 16.4. The molecule has 1 aliphatic carbocycles. The van der Waals surface area contributed by atoms with E-state index in [4.69, 9.17) is 0 Å². The predicted molar refractivity (Wildman–Crippen MR) is 80.0 cm³/mol. The molecule has 20 heavy (non-hydrogen) atoms. The lowest BCUT2D eigenvalue weighted by atomic mass is 9.78. The summed E-state index contributed by atoms with van der Waals surface area (Å²) in [6.45, 7) is 2.29. The maximum Gasteiger partial charge on any atom is 0.323 e. The Morgan fingerprint density at radius 2 is 2.05 bits per heavy atom. The van der Waals surface area contributed by atoms with Crippen LogP contribution in [0.25, 0.3) is 0 Å². The summed E-state index contributed by atoms with van der Waals surface area (Å²) in [5.41, 5.74) is -0.724. The maximum absolute atomic E-state index is 11.6. The summed E-state index contributed by atoms with van der Waals surface area (Å²) in [5, 5.41) is 12.6. The topological polar surface area (TPSA) is 55.8 Å². The molecule has 2 aliphatic rings. The number of carboxylic acid groups (broad SMARTS) is 1. The van der Waals surface area contributed by atoms with Gasteiger partial charge in [-0.3, -0.25) is 9.69 Å². The number of likely N-dealkylation sites (tertiary alicyclic amines) is 1. The van der Waals surface area contributed by atoms with Crippen molar-refractivity contribution in [2.24, 2.45) is 0 Å². The van der Waals surface area contributed by atoms with Gasteiger partial charge in [0.15, 0.2) is 0 Å². The molecular weight excluding hydrogens is 254 g/mol. The van der Waals surface area contributed by atoms with Gasteiger partial charge in [-0.1, -0.05) is 0 Å². The van der Waals surface area contributed by atoms with E-state index >= 15 is 0 Å². The first-order valence-corrected chi connectivity index (χ1v) is 7.81. The molecule has 2 N–H and O–H groups in total. The molecule has 0 aromatic carbocycles. The van der Waals surface area contributed by atoms with Crippen LogP contribution < -0.4 is 5.32 Å². The Morgan fingerprint density at radius 1 is 1.35 bits per heavy atom. The van der Waals surface area contributed by atoms with Crippen molar-refractivity contribution in [3.05, 3.63) is 0 Å². The van der Waals surface area contributed by atoms with Gasteiger partial charge in [-0.2, -0.15) is 0 Å². The van der Waals surface area contributed by atoms with Crippen molar-refractivity contribution in [1.29, 1.82) is 0 Å². The van der Waals surface area contributed by atoms with E-state index in [0.717, 1.165) is 32.2 Å². The number of nitrogens with one attached hydrogen (secondary N) is 1. The van der Waals surface area contributed by atoms with Gasteiger partial charge in [-0.15, -0.1) is 0 Å². The molecule has 116 valence electrons. The Hall–Kier alpha value is -0.650. The second-order valence-corrected chi connectivity index (χ2v) is 6.61. The molecule has 0 aromatic heterocycles. The number of nitrogens with zero attached hydrogens (tertiary/aromatic N) is 2. The summed E-state index contributed by atoms with van der Waals surface area (Å²) in [6.07, 6.45) is 6.05. The first-order valence-electron chi connectivity index (χ1n) is 7.81. The molecule has 0 aromatic rings.